The number of aromatic amines is 1. The molecule has 0 amide bonds. The van der Waals surface area contributed by atoms with Gasteiger partial charge < -0.3 is 35.2 Å². The van der Waals surface area contributed by atoms with E-state index in [1.807, 2.05) is 4.98 Å². The van der Waals surface area contributed by atoms with Crippen LogP contribution in [0.15, 0.2) is 21.9 Å². The molecule has 0 spiro atoms. The molecule has 1 aromatic heterocycles. The number of nitrogens with one attached hydrogen (secondary N) is 1. The Morgan fingerprint density at radius 2 is 1.84 bits per heavy atom. The first kappa shape index (κ1) is 27.0. The van der Waals surface area contributed by atoms with E-state index in [9.17, 15) is 33.3 Å². The fourth-order valence-electron chi connectivity index (χ4n) is 2.54. The van der Waals surface area contributed by atoms with Crippen molar-refractivity contribution in [2.45, 2.75) is 24.9 Å². The van der Waals surface area contributed by atoms with Crippen LogP contribution in [0.25, 0.3) is 6.08 Å². The van der Waals surface area contributed by atoms with Gasteiger partial charge in [-0.25, -0.2) is 18.5 Å². The van der Waals surface area contributed by atoms with Crippen LogP contribution in [0.3, 0.4) is 0 Å². The minimum Gasteiger partial charge on any atom is -0.390 e. The number of nitrogens with two attached hydrogens (primary N) is 1. The molecule has 0 aromatic carbocycles. The van der Waals surface area contributed by atoms with E-state index in [-0.39, 0.29) is 18.5 Å². The van der Waals surface area contributed by atoms with E-state index >= 15 is 0 Å². The number of hydrogen-bond donors (Lipinski definition) is 7. The van der Waals surface area contributed by atoms with E-state index in [0.717, 1.165) is 10.8 Å². The molecule has 1 aromatic rings. The molecule has 5 atom stereocenters. The molecule has 1 fully saturated rings. The number of H-pyrrole nitrogens is 1. The van der Waals surface area contributed by atoms with Crippen LogP contribution >= 0.6 is 23.5 Å². The fraction of sp³-hybridized carbons (Fsp3) is 0.500. The van der Waals surface area contributed by atoms with Gasteiger partial charge in [-0.3, -0.25) is 18.9 Å². The van der Waals surface area contributed by atoms with E-state index in [1.54, 1.807) is 0 Å². The van der Waals surface area contributed by atoms with E-state index in [1.165, 1.54) is 12.2 Å². The third-order valence-electron chi connectivity index (χ3n) is 3.76. The molecule has 182 valence electrons. The standard InChI is InChI=1S/C12H20N3O14P3/c13-3-1-2-7-5-15(12(18)14-11(7)17)10-4-8(16)9(27-10)6-26-31(22,23)29-32(24,25)28-30(19,20)21/h1-2,5,8-10,16H,3-4,6,13H2,(H,22,23)(H,24,25)(H,14,17,18)(H2,19,20,21)/b2-1+/t8-,9+,10+/m1/s1. The topological polar surface area (TPSA) is 270 Å². The molecule has 2 unspecified atom stereocenters. The second-order valence-corrected chi connectivity index (χ2v) is 10.6. The number of rotatable bonds is 10. The monoisotopic (exact) mass is 523 g/mol. The SMILES string of the molecule is NC/C=C/c1cn([C@@H]2C[C@@H](O)[C@H](COP(=O)(O)OP(=O)(O)OP(=O)(O)O)O2)c(=O)[nH]c1=O. The second kappa shape index (κ2) is 10.3. The quantitative estimate of drug-likeness (QED) is 0.172. The molecule has 20 heteroatoms. The molecule has 1 saturated heterocycles. The normalized spacial score (nSPS) is 25.6. The number of aliphatic hydroxyl groups is 1. The molecule has 1 aliphatic heterocycles. The number of phosphoric acid groups is 3. The number of aliphatic hydroxyl groups excluding tert-OH is 1. The summed E-state index contributed by atoms with van der Waals surface area (Å²) in [6.45, 7) is -0.778. The van der Waals surface area contributed by atoms with Gasteiger partial charge >= 0.3 is 29.2 Å². The highest BCUT2D eigenvalue weighted by Crippen LogP contribution is 2.66. The zero-order chi connectivity index (χ0) is 24.3. The third-order valence-corrected chi connectivity index (χ3v) is 7.56. The van der Waals surface area contributed by atoms with Crippen LogP contribution in [0, 0.1) is 0 Å². The Morgan fingerprint density at radius 3 is 2.44 bits per heavy atom. The molecule has 32 heavy (non-hydrogen) atoms. The molecule has 2 rings (SSSR count). The van der Waals surface area contributed by atoms with Crippen molar-refractivity contribution in [2.75, 3.05) is 13.2 Å². The van der Waals surface area contributed by atoms with Gasteiger partial charge in [-0.1, -0.05) is 12.2 Å². The van der Waals surface area contributed by atoms with Gasteiger partial charge in [-0.2, -0.15) is 8.62 Å². The van der Waals surface area contributed by atoms with Crippen molar-refractivity contribution in [1.29, 1.82) is 0 Å². The lowest BCUT2D eigenvalue weighted by Gasteiger charge is -2.19. The molecule has 0 aliphatic carbocycles. The summed E-state index contributed by atoms with van der Waals surface area (Å²) in [5, 5.41) is 10.1. The first-order valence-electron chi connectivity index (χ1n) is 8.46. The number of ether oxygens (including phenoxy) is 1. The van der Waals surface area contributed by atoms with Crippen LogP contribution in [0.4, 0.5) is 0 Å². The Bertz CT molecular complexity index is 1110. The summed E-state index contributed by atoms with van der Waals surface area (Å²) in [4.78, 5) is 61.5. The van der Waals surface area contributed by atoms with Crippen LogP contribution in [0.5, 0.6) is 0 Å². The lowest BCUT2D eigenvalue weighted by atomic mass is 10.2. The maximum absolute atomic E-state index is 12.1. The maximum Gasteiger partial charge on any atom is 0.490 e. The Hall–Kier alpha value is -1.29. The van der Waals surface area contributed by atoms with Gasteiger partial charge in [0.15, 0.2) is 0 Å². The van der Waals surface area contributed by atoms with Crippen LogP contribution in [0.2, 0.25) is 0 Å². The highest BCUT2D eigenvalue weighted by Gasteiger charge is 2.43. The fourth-order valence-corrected chi connectivity index (χ4v) is 5.57. The number of hydrogen-bond acceptors (Lipinski definition) is 11. The first-order chi connectivity index (χ1) is 14.6. The lowest BCUT2D eigenvalue weighted by molar-refractivity contribution is -0.0450. The van der Waals surface area contributed by atoms with Gasteiger partial charge in [0, 0.05) is 19.2 Å². The van der Waals surface area contributed by atoms with E-state index < -0.39 is 59.8 Å². The second-order valence-electron chi connectivity index (χ2n) is 6.21. The number of nitrogens with zero attached hydrogens (tertiary/aromatic N) is 1. The molecule has 17 nitrogen and oxygen atoms in total. The number of phosphoric ester groups is 1. The van der Waals surface area contributed by atoms with Crippen molar-refractivity contribution >= 4 is 29.5 Å². The van der Waals surface area contributed by atoms with E-state index in [2.05, 4.69) is 13.1 Å². The first-order valence-corrected chi connectivity index (χ1v) is 13.0. The molecule has 1 aliphatic rings. The van der Waals surface area contributed by atoms with Crippen molar-refractivity contribution in [2.24, 2.45) is 5.73 Å². The maximum atomic E-state index is 12.1. The summed E-state index contributed by atoms with van der Waals surface area (Å²) in [6.07, 6.45) is -0.0802. The lowest BCUT2D eigenvalue weighted by Crippen LogP contribution is -2.33. The van der Waals surface area contributed by atoms with Crippen molar-refractivity contribution in [3.63, 3.8) is 0 Å². The van der Waals surface area contributed by atoms with Crippen LogP contribution in [-0.4, -0.2) is 59.6 Å². The minimum atomic E-state index is -5.70. The molecule has 0 bridgehead atoms. The van der Waals surface area contributed by atoms with Gasteiger partial charge in [0.1, 0.15) is 12.3 Å². The predicted octanol–water partition coefficient (Wildman–Crippen LogP) is -1.50. The molecule has 8 N–H and O–H groups in total. The largest absolute Gasteiger partial charge is 0.490 e. The Balaban J connectivity index is 2.08. The smallest absolute Gasteiger partial charge is 0.390 e. The molecule has 0 radical (unpaired) electrons. The molecular formula is C12H20N3O14P3. The summed E-state index contributed by atoms with van der Waals surface area (Å²) in [5.74, 6) is 0. The van der Waals surface area contributed by atoms with E-state index in [4.69, 9.17) is 25.2 Å². The van der Waals surface area contributed by atoms with Crippen LogP contribution in [0.1, 0.15) is 18.2 Å². The van der Waals surface area contributed by atoms with Crippen LogP contribution in [-0.2, 0) is 31.6 Å². The minimum absolute atomic E-state index is 0.0600. The highest BCUT2D eigenvalue weighted by atomic mass is 31.3. The van der Waals surface area contributed by atoms with Crippen molar-refractivity contribution in [1.82, 2.24) is 9.55 Å². The van der Waals surface area contributed by atoms with Crippen molar-refractivity contribution in [3.05, 3.63) is 38.7 Å². The summed E-state index contributed by atoms with van der Waals surface area (Å²) in [7, 11) is -16.7. The summed E-state index contributed by atoms with van der Waals surface area (Å²) >= 11 is 0. The average Bonchev–Trinajstić information content (AvgIpc) is 2.97. The molecule has 0 saturated carbocycles. The van der Waals surface area contributed by atoms with E-state index in [0.29, 0.717) is 0 Å². The Labute approximate surface area is 178 Å². The van der Waals surface area contributed by atoms with Gasteiger partial charge in [-0.05, 0) is 0 Å². The molecular weight excluding hydrogens is 503 g/mol. The van der Waals surface area contributed by atoms with Gasteiger partial charge in [0.2, 0.25) is 0 Å². The summed E-state index contributed by atoms with van der Waals surface area (Å²) in [5.41, 5.74) is 3.81. The van der Waals surface area contributed by atoms with Gasteiger partial charge in [0.05, 0.1) is 18.3 Å². The van der Waals surface area contributed by atoms with Crippen molar-refractivity contribution < 1.29 is 56.3 Å². The zero-order valence-corrected chi connectivity index (χ0v) is 18.5. The van der Waals surface area contributed by atoms with Gasteiger partial charge in [-0.15, -0.1) is 0 Å². The Morgan fingerprint density at radius 1 is 1.19 bits per heavy atom. The average molecular weight is 523 g/mol. The van der Waals surface area contributed by atoms with Crippen molar-refractivity contribution in [3.8, 4) is 0 Å². The summed E-state index contributed by atoms with van der Waals surface area (Å²) < 4.78 is 51.6. The highest BCUT2D eigenvalue weighted by molar-refractivity contribution is 7.66. The molecule has 2 heterocycles. The summed E-state index contributed by atoms with van der Waals surface area (Å²) in [6, 6.07) is 0. The zero-order valence-electron chi connectivity index (χ0n) is 15.9. The predicted molar refractivity (Wildman–Crippen MR) is 104 cm³/mol. The van der Waals surface area contributed by atoms with Gasteiger partial charge in [0.25, 0.3) is 5.56 Å². The third kappa shape index (κ3) is 7.93. The van der Waals surface area contributed by atoms with Crippen LogP contribution < -0.4 is 17.0 Å². The number of aromatic nitrogens is 2. The Kier molecular flexibility index (Phi) is 8.70.